The lowest BCUT2D eigenvalue weighted by Gasteiger charge is -2.30. The van der Waals surface area contributed by atoms with Crippen LogP contribution in [0, 0.1) is 0 Å². The minimum atomic E-state index is -4.51. The molecule has 0 bridgehead atoms. The van der Waals surface area contributed by atoms with E-state index in [1.165, 1.54) is 51.4 Å². The Bertz CT molecular complexity index is 703. The maximum atomic E-state index is 12.6. The summed E-state index contributed by atoms with van der Waals surface area (Å²) in [6.45, 7) is 2.43. The summed E-state index contributed by atoms with van der Waals surface area (Å²) in [6, 6.07) is 0. The molecule has 0 fully saturated rings. The fourth-order valence-corrected chi connectivity index (χ4v) is 5.13. The van der Waals surface area contributed by atoms with E-state index in [9.17, 15) is 14.3 Å². The first kappa shape index (κ1) is 34.0. The maximum absolute atomic E-state index is 12.6. The van der Waals surface area contributed by atoms with E-state index < -0.39 is 19.9 Å². The first-order valence-electron chi connectivity index (χ1n) is 14.5. The highest BCUT2D eigenvalue weighted by Gasteiger charge is 2.23. The normalized spacial score (nSPS) is 25.9. The number of rotatable bonds is 6. The van der Waals surface area contributed by atoms with Crippen molar-refractivity contribution >= 4 is 13.8 Å². The molecule has 3 atom stereocenters. The molecule has 37 heavy (non-hydrogen) atoms. The van der Waals surface area contributed by atoms with Gasteiger partial charge in [-0.25, -0.2) is 0 Å². The molecule has 0 spiro atoms. The van der Waals surface area contributed by atoms with Crippen LogP contribution in [-0.4, -0.2) is 57.0 Å². The van der Waals surface area contributed by atoms with Crippen molar-refractivity contribution in [1.29, 1.82) is 0 Å². The van der Waals surface area contributed by atoms with E-state index in [-0.39, 0.29) is 19.1 Å². The molecule has 1 unspecified atom stereocenters. The third-order valence-corrected chi connectivity index (χ3v) is 7.52. The fourth-order valence-electron chi connectivity index (χ4n) is 4.22. The molecule has 8 heteroatoms. The second-order valence-electron chi connectivity index (χ2n) is 11.4. The highest BCUT2D eigenvalue weighted by atomic mass is 31.2. The standard InChI is InChI=1S/C29H54NO6P/c1-27-22-20-18-16-14-12-10-8-6-5-7-9-11-13-15-17-19-21-23-28(26-29(31)35-27)36-37(32,33)34-25-24-30(2,3)4/h10,12,18,20,27-28H,5-9,11,13-17,19,21-26H2,1-4H3/b12-10+,20-18?/t27-,28-/m0/s1. The fraction of sp³-hybridized carbons (Fsp3) is 0.828. The van der Waals surface area contributed by atoms with E-state index in [0.29, 0.717) is 23.9 Å². The average Bonchev–Trinajstić information content (AvgIpc) is 2.78. The van der Waals surface area contributed by atoms with Gasteiger partial charge in [-0.05, 0) is 39.0 Å². The molecule has 1 aliphatic rings. The van der Waals surface area contributed by atoms with Crippen LogP contribution < -0.4 is 4.89 Å². The van der Waals surface area contributed by atoms with Crippen molar-refractivity contribution < 1.29 is 32.5 Å². The van der Waals surface area contributed by atoms with Crippen LogP contribution in [0.3, 0.4) is 0 Å². The quantitative estimate of drug-likeness (QED) is 0.157. The number of nitrogens with zero attached hydrogens (tertiary/aromatic N) is 1. The Hall–Kier alpha value is -0.980. The summed E-state index contributed by atoms with van der Waals surface area (Å²) >= 11 is 0. The first-order chi connectivity index (χ1) is 17.6. The molecule has 1 heterocycles. The third-order valence-electron chi connectivity index (χ3n) is 6.46. The van der Waals surface area contributed by atoms with Crippen LogP contribution in [0.4, 0.5) is 0 Å². The Kier molecular flexibility index (Phi) is 18.4. The molecule has 1 aliphatic heterocycles. The van der Waals surface area contributed by atoms with Gasteiger partial charge in [0.2, 0.25) is 0 Å². The summed E-state index contributed by atoms with van der Waals surface area (Å²) in [6.07, 6.45) is 23.7. The summed E-state index contributed by atoms with van der Waals surface area (Å²) in [7, 11) is 1.37. The van der Waals surface area contributed by atoms with Gasteiger partial charge in [0.15, 0.2) is 0 Å². The molecule has 1 rings (SSSR count). The minimum absolute atomic E-state index is 0.0423. The molecule has 0 saturated carbocycles. The number of allylic oxidation sites excluding steroid dienone is 3. The summed E-state index contributed by atoms with van der Waals surface area (Å²) in [4.78, 5) is 25.0. The predicted molar refractivity (Wildman–Crippen MR) is 149 cm³/mol. The molecule has 0 aromatic heterocycles. The molecule has 0 aromatic carbocycles. The van der Waals surface area contributed by atoms with Crippen LogP contribution in [0.25, 0.3) is 0 Å². The number of hydrogen-bond acceptors (Lipinski definition) is 6. The predicted octanol–water partition coefficient (Wildman–Crippen LogP) is 6.86. The second kappa shape index (κ2) is 20.0. The van der Waals surface area contributed by atoms with Gasteiger partial charge in [0, 0.05) is 6.42 Å². The van der Waals surface area contributed by atoms with Crippen LogP contribution in [0.5, 0.6) is 0 Å². The Morgan fingerprint density at radius 3 is 2.05 bits per heavy atom. The van der Waals surface area contributed by atoms with Gasteiger partial charge in [0.1, 0.15) is 19.3 Å². The second-order valence-corrected chi connectivity index (χ2v) is 12.8. The van der Waals surface area contributed by atoms with Gasteiger partial charge in [-0.1, -0.05) is 82.1 Å². The van der Waals surface area contributed by atoms with Crippen molar-refractivity contribution in [1.82, 2.24) is 0 Å². The number of ether oxygens (including phenoxy) is 1. The van der Waals surface area contributed by atoms with Crippen LogP contribution in [0.1, 0.15) is 110 Å². The molecule has 0 N–H and O–H groups in total. The Balaban J connectivity index is 2.65. The van der Waals surface area contributed by atoms with Crippen molar-refractivity contribution in [3.05, 3.63) is 24.3 Å². The number of likely N-dealkylation sites (N-methyl/N-ethyl adjacent to an activating group) is 1. The van der Waals surface area contributed by atoms with Crippen molar-refractivity contribution in [3.63, 3.8) is 0 Å². The lowest BCUT2D eigenvalue weighted by atomic mass is 10.0. The molecule has 0 saturated heterocycles. The van der Waals surface area contributed by atoms with Crippen molar-refractivity contribution in [3.8, 4) is 0 Å². The summed E-state index contributed by atoms with van der Waals surface area (Å²) < 4.78 is 29.0. The van der Waals surface area contributed by atoms with Gasteiger partial charge in [-0.3, -0.25) is 9.36 Å². The molecule has 0 aliphatic carbocycles. The highest BCUT2D eigenvalue weighted by molar-refractivity contribution is 7.45. The molecule has 7 nitrogen and oxygen atoms in total. The zero-order valence-electron chi connectivity index (χ0n) is 24.0. The number of carbonyl (C=O) groups is 1. The molecular weight excluding hydrogens is 489 g/mol. The molecule has 0 radical (unpaired) electrons. The van der Waals surface area contributed by atoms with Gasteiger partial charge < -0.3 is 23.2 Å². The van der Waals surface area contributed by atoms with Gasteiger partial charge in [0.05, 0.1) is 33.7 Å². The van der Waals surface area contributed by atoms with E-state index in [0.717, 1.165) is 32.1 Å². The Morgan fingerprint density at radius 1 is 0.892 bits per heavy atom. The number of phosphoric acid groups is 1. The summed E-state index contributed by atoms with van der Waals surface area (Å²) in [5.74, 6) is -0.436. The van der Waals surface area contributed by atoms with Gasteiger partial charge in [0.25, 0.3) is 7.82 Å². The minimum Gasteiger partial charge on any atom is -0.756 e. The average molecular weight is 544 g/mol. The maximum Gasteiger partial charge on any atom is 0.308 e. The topological polar surface area (TPSA) is 84.9 Å². The molecule has 0 amide bonds. The smallest absolute Gasteiger partial charge is 0.308 e. The third kappa shape index (κ3) is 21.6. The monoisotopic (exact) mass is 543 g/mol. The van der Waals surface area contributed by atoms with Crippen LogP contribution in [0.2, 0.25) is 0 Å². The van der Waals surface area contributed by atoms with Crippen LogP contribution >= 0.6 is 7.82 Å². The van der Waals surface area contributed by atoms with Gasteiger partial charge in [-0.15, -0.1) is 0 Å². The van der Waals surface area contributed by atoms with Gasteiger partial charge in [-0.2, -0.15) is 0 Å². The number of cyclic esters (lactones) is 1. The molecule has 0 aromatic rings. The zero-order chi connectivity index (χ0) is 27.4. The number of quaternary nitrogens is 1. The Labute approximate surface area is 226 Å². The number of hydrogen-bond donors (Lipinski definition) is 0. The Morgan fingerprint density at radius 2 is 1.43 bits per heavy atom. The largest absolute Gasteiger partial charge is 0.756 e. The SMILES string of the molecule is C[C@H]1CC=CCC/C=C/CCCCCCCCCCCC[C@H](OP(=O)([O-])OCC[N+](C)(C)C)CC(=O)O1. The number of esters is 1. The van der Waals surface area contributed by atoms with Crippen LogP contribution in [-0.2, 0) is 23.1 Å². The molecule has 216 valence electrons. The highest BCUT2D eigenvalue weighted by Crippen LogP contribution is 2.41. The lowest BCUT2D eigenvalue weighted by molar-refractivity contribution is -0.870. The van der Waals surface area contributed by atoms with Crippen molar-refractivity contribution in [2.75, 3.05) is 34.3 Å². The van der Waals surface area contributed by atoms with Crippen molar-refractivity contribution in [2.24, 2.45) is 0 Å². The summed E-state index contributed by atoms with van der Waals surface area (Å²) in [5, 5.41) is 0. The number of carbonyl (C=O) groups excluding carboxylic acids is 1. The number of phosphoric ester groups is 1. The van der Waals surface area contributed by atoms with Crippen LogP contribution in [0.15, 0.2) is 24.3 Å². The summed E-state index contributed by atoms with van der Waals surface area (Å²) in [5.41, 5.74) is 0. The van der Waals surface area contributed by atoms with E-state index in [1.54, 1.807) is 0 Å². The lowest BCUT2D eigenvalue weighted by Crippen LogP contribution is -2.37. The van der Waals surface area contributed by atoms with E-state index in [1.807, 2.05) is 34.1 Å². The molecular formula is C29H54NO6P. The first-order valence-corrected chi connectivity index (χ1v) is 16.0. The van der Waals surface area contributed by atoms with E-state index in [4.69, 9.17) is 13.8 Å². The van der Waals surface area contributed by atoms with Gasteiger partial charge >= 0.3 is 5.97 Å². The van der Waals surface area contributed by atoms with Crippen molar-refractivity contribution in [2.45, 2.75) is 122 Å². The van der Waals surface area contributed by atoms with E-state index in [2.05, 4.69) is 18.2 Å². The van der Waals surface area contributed by atoms with E-state index >= 15 is 0 Å². The zero-order valence-corrected chi connectivity index (χ0v) is 24.9.